The van der Waals surface area contributed by atoms with E-state index < -0.39 is 0 Å². The van der Waals surface area contributed by atoms with Crippen molar-refractivity contribution in [3.8, 4) is 0 Å². The van der Waals surface area contributed by atoms with Gasteiger partial charge in [-0.2, -0.15) is 4.98 Å². The molecule has 0 saturated carbocycles. The second-order valence-electron chi connectivity index (χ2n) is 7.13. The first-order chi connectivity index (χ1) is 13.1. The summed E-state index contributed by atoms with van der Waals surface area (Å²) < 4.78 is 5.85. The first-order valence-electron chi connectivity index (χ1n) is 9.29. The second-order valence-corrected chi connectivity index (χ2v) is 7.13. The van der Waals surface area contributed by atoms with E-state index in [2.05, 4.69) is 15.2 Å². The number of nitrogens with one attached hydrogen (secondary N) is 1. The largest absolute Gasteiger partial charge is 0.423 e. The molecule has 1 aromatic heterocycles. The molecule has 27 heavy (non-hydrogen) atoms. The van der Waals surface area contributed by atoms with E-state index in [0.29, 0.717) is 6.01 Å². The van der Waals surface area contributed by atoms with Gasteiger partial charge >= 0.3 is 0 Å². The number of piperidine rings is 1. The number of aromatic nitrogens is 1. The van der Waals surface area contributed by atoms with Crippen LogP contribution in [0.5, 0.6) is 0 Å². The minimum atomic E-state index is 0.000784. The van der Waals surface area contributed by atoms with Crippen molar-refractivity contribution in [1.29, 1.82) is 0 Å². The van der Waals surface area contributed by atoms with Gasteiger partial charge in [-0.25, -0.2) is 0 Å². The molecular formula is C21H24N4O2. The van der Waals surface area contributed by atoms with Crippen LogP contribution < -0.4 is 15.1 Å². The molecule has 1 amide bonds. The number of rotatable bonds is 4. The number of fused-ring (bicyclic) bond motifs is 1. The molecule has 6 nitrogen and oxygen atoms in total. The molecule has 6 heteroatoms. The summed E-state index contributed by atoms with van der Waals surface area (Å²) in [5.74, 6) is 0.0855. The molecule has 1 aliphatic rings. The highest BCUT2D eigenvalue weighted by atomic mass is 16.4. The van der Waals surface area contributed by atoms with Crippen molar-refractivity contribution in [3.63, 3.8) is 0 Å². The molecule has 1 N–H and O–H groups in total. The molecule has 0 bridgehead atoms. The lowest BCUT2D eigenvalue weighted by Crippen LogP contribution is -2.38. The van der Waals surface area contributed by atoms with E-state index in [1.54, 1.807) is 0 Å². The van der Waals surface area contributed by atoms with Crippen molar-refractivity contribution in [2.24, 2.45) is 5.92 Å². The van der Waals surface area contributed by atoms with E-state index in [0.717, 1.165) is 48.4 Å². The van der Waals surface area contributed by atoms with Crippen LogP contribution in [0.15, 0.2) is 52.9 Å². The van der Waals surface area contributed by atoms with Gasteiger partial charge in [-0.15, -0.1) is 0 Å². The Morgan fingerprint density at radius 3 is 2.56 bits per heavy atom. The molecule has 0 unspecified atom stereocenters. The van der Waals surface area contributed by atoms with E-state index in [1.165, 1.54) is 0 Å². The van der Waals surface area contributed by atoms with Crippen LogP contribution in [0.2, 0.25) is 0 Å². The molecule has 0 atom stereocenters. The topological polar surface area (TPSA) is 61.6 Å². The molecule has 1 aliphatic heterocycles. The maximum absolute atomic E-state index is 12.7. The Morgan fingerprint density at radius 2 is 1.81 bits per heavy atom. The van der Waals surface area contributed by atoms with Crippen molar-refractivity contribution in [2.45, 2.75) is 12.8 Å². The van der Waals surface area contributed by atoms with Crippen LogP contribution in [0, 0.1) is 5.92 Å². The lowest BCUT2D eigenvalue weighted by molar-refractivity contribution is -0.120. The van der Waals surface area contributed by atoms with Crippen LogP contribution in [0.25, 0.3) is 11.1 Å². The Balaban J connectivity index is 1.39. The molecule has 4 rings (SSSR count). The van der Waals surface area contributed by atoms with Crippen molar-refractivity contribution < 1.29 is 9.21 Å². The van der Waals surface area contributed by atoms with E-state index in [4.69, 9.17) is 4.42 Å². The van der Waals surface area contributed by atoms with Gasteiger partial charge in [-0.3, -0.25) is 4.79 Å². The Kier molecular flexibility index (Phi) is 4.71. The van der Waals surface area contributed by atoms with Crippen molar-refractivity contribution in [2.75, 3.05) is 42.3 Å². The monoisotopic (exact) mass is 364 g/mol. The number of hydrogen-bond donors (Lipinski definition) is 1. The van der Waals surface area contributed by atoms with Gasteiger partial charge in [0.05, 0.1) is 11.4 Å². The molecule has 3 aromatic rings. The number of hydrogen-bond acceptors (Lipinski definition) is 5. The fourth-order valence-electron chi connectivity index (χ4n) is 3.53. The zero-order chi connectivity index (χ0) is 18.8. The van der Waals surface area contributed by atoms with Gasteiger partial charge in [-0.05, 0) is 37.1 Å². The van der Waals surface area contributed by atoms with Crippen molar-refractivity contribution in [1.82, 2.24) is 4.98 Å². The number of benzene rings is 2. The zero-order valence-electron chi connectivity index (χ0n) is 15.7. The Bertz CT molecular complexity index is 909. The number of carbonyl (C=O) groups excluding carboxylic acids is 1. The normalized spacial score (nSPS) is 15.1. The van der Waals surface area contributed by atoms with E-state index in [9.17, 15) is 4.79 Å². The predicted octanol–water partition coefficient (Wildman–Crippen LogP) is 3.75. The first kappa shape index (κ1) is 17.4. The highest BCUT2D eigenvalue weighted by molar-refractivity contribution is 5.96. The summed E-state index contributed by atoms with van der Waals surface area (Å²) in [5, 5.41) is 3.10. The maximum atomic E-state index is 12.7. The average Bonchev–Trinajstić information content (AvgIpc) is 3.12. The average molecular weight is 364 g/mol. The number of nitrogens with zero attached hydrogens (tertiary/aromatic N) is 3. The summed E-state index contributed by atoms with van der Waals surface area (Å²) in [6.07, 6.45) is 1.57. The fraction of sp³-hybridized carbons (Fsp3) is 0.333. The summed E-state index contributed by atoms with van der Waals surface area (Å²) >= 11 is 0. The summed E-state index contributed by atoms with van der Waals surface area (Å²) in [6.45, 7) is 1.53. The Hall–Kier alpha value is -3.02. The highest BCUT2D eigenvalue weighted by Gasteiger charge is 2.27. The molecule has 140 valence electrons. The van der Waals surface area contributed by atoms with Gasteiger partial charge in [0.25, 0.3) is 6.01 Å². The smallest absolute Gasteiger partial charge is 0.298 e. The molecular weight excluding hydrogens is 340 g/mol. The maximum Gasteiger partial charge on any atom is 0.298 e. The summed E-state index contributed by atoms with van der Waals surface area (Å²) in [5.41, 5.74) is 3.53. The number of carbonyl (C=O) groups is 1. The summed E-state index contributed by atoms with van der Waals surface area (Å²) in [4.78, 5) is 21.4. The third kappa shape index (κ3) is 3.60. The summed E-state index contributed by atoms with van der Waals surface area (Å²) in [6, 6.07) is 16.3. The third-order valence-corrected chi connectivity index (χ3v) is 5.06. The van der Waals surface area contributed by atoms with E-state index in [-0.39, 0.29) is 11.8 Å². The molecule has 0 spiro atoms. The van der Waals surface area contributed by atoms with Gasteiger partial charge < -0.3 is 19.5 Å². The van der Waals surface area contributed by atoms with E-state index >= 15 is 0 Å². The van der Waals surface area contributed by atoms with Gasteiger partial charge in [0.1, 0.15) is 5.52 Å². The molecule has 0 aliphatic carbocycles. The molecule has 2 aromatic carbocycles. The van der Waals surface area contributed by atoms with Crippen LogP contribution in [0.1, 0.15) is 12.8 Å². The Morgan fingerprint density at radius 1 is 1.11 bits per heavy atom. The Labute approximate surface area is 158 Å². The lowest BCUT2D eigenvalue weighted by Gasteiger charge is -2.30. The van der Waals surface area contributed by atoms with E-state index in [1.807, 2.05) is 67.5 Å². The predicted molar refractivity (Wildman–Crippen MR) is 108 cm³/mol. The number of amides is 1. The number of oxazole rings is 1. The molecule has 1 saturated heterocycles. The highest BCUT2D eigenvalue weighted by Crippen LogP contribution is 2.28. The molecule has 2 heterocycles. The van der Waals surface area contributed by atoms with Gasteiger partial charge in [-0.1, -0.05) is 24.3 Å². The van der Waals surface area contributed by atoms with Crippen LogP contribution in [0.3, 0.4) is 0 Å². The third-order valence-electron chi connectivity index (χ3n) is 5.06. The zero-order valence-corrected chi connectivity index (χ0v) is 15.7. The first-order valence-corrected chi connectivity index (χ1v) is 9.29. The number of para-hydroxylation sites is 4. The van der Waals surface area contributed by atoms with Crippen LogP contribution in [-0.4, -0.2) is 38.1 Å². The number of anilines is 3. The fourth-order valence-corrected chi connectivity index (χ4v) is 3.53. The van der Waals surface area contributed by atoms with Gasteiger partial charge in [0, 0.05) is 33.1 Å². The van der Waals surface area contributed by atoms with Crippen molar-refractivity contribution >= 4 is 34.4 Å². The molecule has 1 fully saturated rings. The SMILES string of the molecule is CN(C)c1ccccc1NC(=O)C1CCN(c2nc3ccccc3o2)CC1. The summed E-state index contributed by atoms with van der Waals surface area (Å²) in [7, 11) is 3.95. The van der Waals surface area contributed by atoms with Crippen LogP contribution >= 0.6 is 0 Å². The minimum absolute atomic E-state index is 0.000784. The quantitative estimate of drug-likeness (QED) is 0.764. The van der Waals surface area contributed by atoms with Gasteiger partial charge in [0.15, 0.2) is 5.58 Å². The minimum Gasteiger partial charge on any atom is -0.423 e. The van der Waals surface area contributed by atoms with Crippen LogP contribution in [-0.2, 0) is 4.79 Å². The van der Waals surface area contributed by atoms with Gasteiger partial charge in [0.2, 0.25) is 5.91 Å². The van der Waals surface area contributed by atoms with Crippen molar-refractivity contribution in [3.05, 3.63) is 48.5 Å². The lowest BCUT2D eigenvalue weighted by atomic mass is 9.96. The molecule has 0 radical (unpaired) electrons. The van der Waals surface area contributed by atoms with Crippen LogP contribution in [0.4, 0.5) is 17.4 Å². The standard InChI is InChI=1S/C21H24N4O2/c1-24(2)18-9-5-3-7-16(18)22-20(26)15-11-13-25(14-12-15)21-23-17-8-4-6-10-19(17)27-21/h3-10,15H,11-14H2,1-2H3,(H,22,26). The second kappa shape index (κ2) is 7.31.